The first-order valence-corrected chi connectivity index (χ1v) is 39.0. The summed E-state index contributed by atoms with van der Waals surface area (Å²) in [5.74, 6) is -13.7. The highest BCUT2D eigenvalue weighted by atomic mass is 35.5. The summed E-state index contributed by atoms with van der Waals surface area (Å²) >= 11 is 27.7. The maximum atomic E-state index is 15.8. The molecule has 21 atom stereocenters. The van der Waals surface area contributed by atoms with E-state index in [2.05, 4.69) is 42.5 Å². The molecule has 0 saturated carbocycles. The quantitative estimate of drug-likeness (QED) is 0.0913. The summed E-state index contributed by atoms with van der Waals surface area (Å²) in [5.41, 5.74) is 6.44. The van der Waals surface area contributed by atoms with Crippen LogP contribution in [0.1, 0.15) is 108 Å². The van der Waals surface area contributed by atoms with Crippen LogP contribution in [0.3, 0.4) is 0 Å². The van der Waals surface area contributed by atoms with Gasteiger partial charge in [0.15, 0.2) is 23.8 Å². The minimum absolute atomic E-state index is 0.00870. The molecule has 8 heterocycles. The van der Waals surface area contributed by atoms with Gasteiger partial charge in [0.25, 0.3) is 0 Å². The lowest BCUT2D eigenvalue weighted by atomic mass is 9.75. The van der Waals surface area contributed by atoms with Gasteiger partial charge in [-0.3, -0.25) is 28.8 Å². The third-order valence-corrected chi connectivity index (χ3v) is 23.6. The van der Waals surface area contributed by atoms with E-state index in [1.165, 1.54) is 43.5 Å². The normalized spacial score (nSPS) is 32.9. The Kier molecular flexibility index (Phi) is 24.9. The highest BCUT2D eigenvalue weighted by molar-refractivity contribution is 7.80. The lowest BCUT2D eigenvalue weighted by Gasteiger charge is -2.49. The number of amides is 6. The first-order valence-electron chi connectivity index (χ1n) is 37.4. The average molecular weight is 1660 g/mol. The van der Waals surface area contributed by atoms with Crippen molar-refractivity contribution in [2.75, 3.05) is 13.7 Å². The van der Waals surface area contributed by atoms with Gasteiger partial charge in [0.2, 0.25) is 47.5 Å². The monoisotopic (exact) mass is 1650 g/mol. The number of likely N-dealkylation sites (N-methyl/N-ethyl adjacent to an activating group) is 1. The second kappa shape index (κ2) is 34.2. The molecule has 3 aromatic rings. The van der Waals surface area contributed by atoms with Crippen molar-refractivity contribution >= 4 is 93.4 Å². The van der Waals surface area contributed by atoms with Crippen LogP contribution in [-0.4, -0.2) is 215 Å². The number of primary amides is 1. The van der Waals surface area contributed by atoms with Crippen LogP contribution in [0.25, 0.3) is 11.1 Å². The van der Waals surface area contributed by atoms with E-state index >= 15 is 19.2 Å². The van der Waals surface area contributed by atoms with Crippen molar-refractivity contribution < 1.29 is 108 Å². The number of fused-ring (bicyclic) bond motifs is 21. The molecular weight excluding hydrogens is 1570 g/mol. The van der Waals surface area contributed by atoms with E-state index in [9.17, 15) is 60.3 Å². The van der Waals surface area contributed by atoms with Gasteiger partial charge in [0.05, 0.1) is 59.7 Å². The fourth-order valence-corrected chi connectivity index (χ4v) is 17.3. The molecule has 8 aliphatic heterocycles. The van der Waals surface area contributed by atoms with Crippen LogP contribution < -0.4 is 62.5 Å². The summed E-state index contributed by atoms with van der Waals surface area (Å²) in [6.45, 7) is 6.57. The van der Waals surface area contributed by atoms with Crippen LogP contribution in [0, 0.1) is 11.8 Å². The van der Waals surface area contributed by atoms with Gasteiger partial charge in [-0.15, -0.1) is 11.6 Å². The van der Waals surface area contributed by atoms with E-state index in [4.69, 9.17) is 81.2 Å². The number of rotatable bonds is 12. The molecule has 8 unspecified atom stereocenters. The zero-order valence-corrected chi connectivity index (χ0v) is 65.4. The Hall–Kier alpha value is -8.81. The van der Waals surface area contributed by atoms with E-state index < -0.39 is 222 Å². The number of nitrogens with two attached hydrogens (primary N) is 1. The van der Waals surface area contributed by atoms with Crippen LogP contribution >= 0.6 is 47.0 Å². The number of thiocarbonyl (C=S) groups is 1. The Morgan fingerprint density at radius 3 is 2.22 bits per heavy atom. The number of benzene rings is 3. The summed E-state index contributed by atoms with van der Waals surface area (Å²) in [6.07, 6.45) is -10.1. The number of ether oxygens (including phenoxy) is 6. The molecule has 3 aromatic carbocycles. The number of hydrogen-bond donors (Lipinski definition) is 18. The molecule has 4 aliphatic carbocycles. The Morgan fingerprint density at radius 2 is 1.54 bits per heavy atom. The zero-order chi connectivity index (χ0) is 81.8. The summed E-state index contributed by atoms with van der Waals surface area (Å²) in [7, 11) is 1.52. The number of aliphatic hydroxyl groups excluding tert-OH is 8. The van der Waals surface area contributed by atoms with Crippen molar-refractivity contribution in [1.82, 2.24) is 42.5 Å². The molecule has 0 radical (unpaired) electrons. The number of alkyl halides is 1. The van der Waals surface area contributed by atoms with Gasteiger partial charge >= 0.3 is 5.97 Å². The first kappa shape index (κ1) is 83.1. The molecule has 15 bridgehead atoms. The van der Waals surface area contributed by atoms with E-state index in [-0.39, 0.29) is 99.6 Å². The van der Waals surface area contributed by atoms with E-state index in [0.29, 0.717) is 27.3 Å². The van der Waals surface area contributed by atoms with Crippen LogP contribution in [0.2, 0.25) is 5.02 Å². The summed E-state index contributed by atoms with van der Waals surface area (Å²) in [4.78, 5) is 102. The standard InChI is InChI=1S/C79H90Cl3N9O22S/c1-31(2)18-47(84-5)71(101)89-63-65(97)36-10-16-51(45(81)21-36)109-53-23-38-24-54(68(53)113-78-69-59(67(99)55(30-92)111-78)42-19-33(6-14-41(42)34-7-12-39(80)13-8-34)29-85-79(4)28-57(112-69)108-32(3)70(79)100)110-52-17-11-37(22-46(52)82)66(98)64-75(105)88-62(77(106)107)44-25-40(93)26-50(95)58(44)43-20-35(9-15-49(43)94)60(73(103)90-64)91-76(114)61(38)87-72(102)48(27-56(83)96)86-74(63)104/h6-9,11-15,17,19,21,23-25,31-32,40,43,46-48,55,57,59-67,69-70,78,84-85,92-95,97-100H,10,16,18,20,22,26-30H2,1-5H3,(H2,83,96)(H,86,104)(H,87,102)(H,88,105)(H,89,101)(H,90,103)(H,91,114)(H,106,107)/t32?,40?,43?,46?,47-,48+,55?,57+,59+,60-,61-,62+,63-,64+,65-,66-,67?,69?,70-,78-,79?/m1/s1. The minimum atomic E-state index is -2.14. The van der Waals surface area contributed by atoms with Gasteiger partial charge in [0.1, 0.15) is 76.9 Å². The SMILES string of the molecule is CN[C@H](CC(C)C)C(=O)N[C@H]1C(=O)N[C@@H](CC(N)=O)C(=O)N[C@H]2C(=S)N[C@H]3C(=O)N[C@H](C(=O)N[C@H](C(=O)O)C4=CC(O)CC(O)=C4C4CC3=CC=C4O)[C@H](O)C3=CC=C(Oc4cc2cc(c4O[C@H]2OC(CO)C(O)[C@@H]4c5cc(ccc5-c5ccc(Cl)cc5)CNC5(C)C[C@H](OC24)OC(C)[C@H]5O)OC2=C(Cl)C=C(CC2)[C@H]1O)C(Cl)C3. The van der Waals surface area contributed by atoms with Crippen molar-refractivity contribution in [2.24, 2.45) is 17.6 Å². The van der Waals surface area contributed by atoms with Crippen molar-refractivity contribution in [3.63, 3.8) is 0 Å². The van der Waals surface area contributed by atoms with E-state index in [1.54, 1.807) is 31.2 Å². The lowest BCUT2D eigenvalue weighted by Crippen LogP contribution is -2.63. The number of carbonyl (C=O) groups excluding carboxylic acids is 6. The molecule has 35 heteroatoms. The van der Waals surface area contributed by atoms with Gasteiger partial charge in [-0.2, -0.15) is 0 Å². The largest absolute Gasteiger partial charge is 0.512 e. The number of carbonyl (C=O) groups is 7. The van der Waals surface area contributed by atoms with Crippen molar-refractivity contribution in [1.29, 1.82) is 0 Å². The molecule has 19 N–H and O–H groups in total. The Morgan fingerprint density at radius 1 is 0.807 bits per heavy atom. The molecule has 15 rings (SSSR count). The Balaban J connectivity index is 1.05. The lowest BCUT2D eigenvalue weighted by molar-refractivity contribution is -0.317. The van der Waals surface area contributed by atoms with Gasteiger partial charge in [-0.25, -0.2) is 4.79 Å². The topological polar surface area (TPSA) is 479 Å². The summed E-state index contributed by atoms with van der Waals surface area (Å²) in [6, 6.07) is 2.24. The third kappa shape index (κ3) is 17.2. The number of nitrogens with one attached hydrogen (secondary N) is 8. The number of halogens is 3. The van der Waals surface area contributed by atoms with Crippen molar-refractivity contribution in [3.05, 3.63) is 169 Å². The molecule has 610 valence electrons. The maximum Gasteiger partial charge on any atom is 0.330 e. The third-order valence-electron chi connectivity index (χ3n) is 22.3. The second-order valence-corrected chi connectivity index (χ2v) is 32.5. The van der Waals surface area contributed by atoms with Crippen LogP contribution in [0.15, 0.2) is 147 Å². The summed E-state index contributed by atoms with van der Waals surface area (Å²) < 4.78 is 41.8. The van der Waals surface area contributed by atoms with Gasteiger partial charge < -0.3 is 123 Å². The number of allylic oxidation sites excluding steroid dienone is 9. The van der Waals surface area contributed by atoms with Crippen molar-refractivity contribution in [2.45, 2.75) is 206 Å². The van der Waals surface area contributed by atoms with Gasteiger partial charge in [-0.05, 0) is 151 Å². The molecule has 31 nitrogen and oxygen atoms in total. The Labute approximate surface area is 674 Å². The number of hydrogen-bond acceptors (Lipinski definition) is 24. The molecule has 3 fully saturated rings. The first-order chi connectivity index (χ1) is 54.2. The molecule has 0 spiro atoms. The molecule has 12 aliphatic rings. The van der Waals surface area contributed by atoms with Gasteiger partial charge in [0, 0.05) is 53.8 Å². The second-order valence-electron chi connectivity index (χ2n) is 30.7. The highest BCUT2D eigenvalue weighted by Crippen LogP contribution is 2.51. The van der Waals surface area contributed by atoms with Gasteiger partial charge in [-0.1, -0.05) is 91.8 Å². The number of carboxylic acid groups (broad SMARTS) is 1. The van der Waals surface area contributed by atoms with Crippen molar-refractivity contribution in [3.8, 4) is 28.4 Å². The zero-order valence-electron chi connectivity index (χ0n) is 62.3. The predicted molar refractivity (Wildman–Crippen MR) is 415 cm³/mol. The fraction of sp³-hybridized carbons (Fsp3) is 0.468. The molecule has 6 amide bonds. The highest BCUT2D eigenvalue weighted by Gasteiger charge is 2.54. The van der Waals surface area contributed by atoms with Crippen LogP contribution in [0.4, 0.5) is 0 Å². The molecule has 0 aromatic heterocycles. The Bertz CT molecular complexity index is 4650. The molecule has 3 saturated heterocycles. The number of carboxylic acids is 1. The van der Waals surface area contributed by atoms with Crippen LogP contribution in [0.5, 0.6) is 17.2 Å². The van der Waals surface area contributed by atoms with E-state index in [1.807, 2.05) is 39.0 Å². The smallest absolute Gasteiger partial charge is 0.330 e. The molecule has 114 heavy (non-hydrogen) atoms. The fourth-order valence-electron chi connectivity index (χ4n) is 16.3. The average Bonchev–Trinajstić information content (AvgIpc) is 1.16. The number of aliphatic carboxylic acids is 1. The van der Waals surface area contributed by atoms with E-state index in [0.717, 1.165) is 12.2 Å². The molecular formula is C79H90Cl3N9O22S. The minimum Gasteiger partial charge on any atom is -0.512 e. The summed E-state index contributed by atoms with van der Waals surface area (Å²) in [5, 5.41) is 128. The number of aliphatic hydroxyl groups is 8. The predicted octanol–water partition coefficient (Wildman–Crippen LogP) is 3.37. The van der Waals surface area contributed by atoms with Crippen LogP contribution in [-0.2, 0) is 54.3 Å². The maximum absolute atomic E-state index is 15.8.